The average molecular weight is 249 g/mol. The van der Waals surface area contributed by atoms with Crippen molar-refractivity contribution in [3.05, 3.63) is 28.4 Å². The van der Waals surface area contributed by atoms with Gasteiger partial charge in [0.05, 0.1) is 4.92 Å². The molecule has 0 aliphatic heterocycles. The predicted octanol–water partition coefficient (Wildman–Crippen LogP) is 3.37. The van der Waals surface area contributed by atoms with E-state index in [1.165, 1.54) is 38.2 Å². The molecule has 0 radical (unpaired) electrons. The fraction of sp³-hybridized carbons (Fsp3) is 0.615. The summed E-state index contributed by atoms with van der Waals surface area (Å²) >= 11 is 0. The molecule has 0 spiro atoms. The number of rotatable bonds is 4. The minimum Gasteiger partial charge on any atom is -0.362 e. The molecule has 1 saturated carbocycles. The number of anilines is 1. The molecule has 1 atom stereocenters. The van der Waals surface area contributed by atoms with Gasteiger partial charge < -0.3 is 5.32 Å². The number of hydrogen-bond donors (Lipinski definition) is 1. The maximum Gasteiger partial charge on any atom is 0.311 e. The Labute approximate surface area is 107 Å². The van der Waals surface area contributed by atoms with Gasteiger partial charge in [-0.15, -0.1) is 0 Å². The van der Waals surface area contributed by atoms with E-state index in [0.29, 0.717) is 11.7 Å². The Bertz CT molecular complexity index is 416. The number of pyridine rings is 1. The molecule has 1 N–H and O–H groups in total. The highest BCUT2D eigenvalue weighted by molar-refractivity contribution is 5.55. The van der Waals surface area contributed by atoms with Gasteiger partial charge >= 0.3 is 5.69 Å². The molecule has 5 heteroatoms. The third kappa shape index (κ3) is 2.97. The molecule has 2 rings (SSSR count). The van der Waals surface area contributed by atoms with Crippen LogP contribution in [0.25, 0.3) is 0 Å². The molecule has 1 unspecified atom stereocenters. The fourth-order valence-electron chi connectivity index (χ4n) is 2.62. The zero-order valence-corrected chi connectivity index (χ0v) is 10.6. The SMILES string of the molecule is CC(Nc1ncccc1[N+](=O)[O-])C1CCCCC1. The normalized spacial score (nSPS) is 18.3. The molecule has 1 aromatic heterocycles. The van der Waals surface area contributed by atoms with Gasteiger partial charge in [-0.3, -0.25) is 10.1 Å². The summed E-state index contributed by atoms with van der Waals surface area (Å²) in [7, 11) is 0. The summed E-state index contributed by atoms with van der Waals surface area (Å²) in [4.78, 5) is 14.6. The van der Waals surface area contributed by atoms with Crippen molar-refractivity contribution in [3.8, 4) is 0 Å². The lowest BCUT2D eigenvalue weighted by molar-refractivity contribution is -0.384. The van der Waals surface area contributed by atoms with E-state index < -0.39 is 0 Å². The van der Waals surface area contributed by atoms with Crippen molar-refractivity contribution in [2.24, 2.45) is 5.92 Å². The summed E-state index contributed by atoms with van der Waals surface area (Å²) in [5.41, 5.74) is 0.0557. The van der Waals surface area contributed by atoms with Crippen LogP contribution in [0.2, 0.25) is 0 Å². The highest BCUT2D eigenvalue weighted by Gasteiger charge is 2.23. The molecule has 0 aromatic carbocycles. The first kappa shape index (κ1) is 12.8. The van der Waals surface area contributed by atoms with Crippen molar-refractivity contribution < 1.29 is 4.92 Å². The van der Waals surface area contributed by atoms with E-state index in [9.17, 15) is 10.1 Å². The fourth-order valence-corrected chi connectivity index (χ4v) is 2.62. The van der Waals surface area contributed by atoms with E-state index in [2.05, 4.69) is 17.2 Å². The Balaban J connectivity index is 2.06. The van der Waals surface area contributed by atoms with Crippen LogP contribution in [0.15, 0.2) is 18.3 Å². The van der Waals surface area contributed by atoms with Crippen molar-refractivity contribution in [1.82, 2.24) is 4.98 Å². The summed E-state index contributed by atoms with van der Waals surface area (Å²) in [6.07, 6.45) is 7.83. The van der Waals surface area contributed by atoms with Crippen LogP contribution in [-0.2, 0) is 0 Å². The first-order valence-electron chi connectivity index (χ1n) is 6.54. The van der Waals surface area contributed by atoms with Gasteiger partial charge in [-0.25, -0.2) is 4.98 Å². The van der Waals surface area contributed by atoms with Crippen LogP contribution >= 0.6 is 0 Å². The summed E-state index contributed by atoms with van der Waals surface area (Å²) in [5, 5.41) is 14.1. The van der Waals surface area contributed by atoms with Gasteiger partial charge in [0.1, 0.15) is 0 Å². The number of nitrogens with zero attached hydrogens (tertiary/aromatic N) is 2. The molecule has 1 aromatic rings. The average Bonchev–Trinajstić information content (AvgIpc) is 2.40. The highest BCUT2D eigenvalue weighted by Crippen LogP contribution is 2.29. The number of nitro groups is 1. The minimum atomic E-state index is -0.386. The van der Waals surface area contributed by atoms with E-state index in [0.717, 1.165) is 0 Å². The van der Waals surface area contributed by atoms with E-state index >= 15 is 0 Å². The molecule has 0 bridgehead atoms. The monoisotopic (exact) mass is 249 g/mol. The van der Waals surface area contributed by atoms with Crippen LogP contribution in [0.4, 0.5) is 11.5 Å². The summed E-state index contributed by atoms with van der Waals surface area (Å²) in [5.74, 6) is 0.987. The third-order valence-corrected chi connectivity index (χ3v) is 3.70. The largest absolute Gasteiger partial charge is 0.362 e. The quantitative estimate of drug-likeness (QED) is 0.656. The van der Waals surface area contributed by atoms with Crippen LogP contribution in [-0.4, -0.2) is 15.9 Å². The van der Waals surface area contributed by atoms with Gasteiger partial charge in [-0.2, -0.15) is 0 Å². The van der Waals surface area contributed by atoms with E-state index in [1.807, 2.05) is 0 Å². The second-order valence-electron chi connectivity index (χ2n) is 4.96. The molecule has 1 fully saturated rings. The molecule has 98 valence electrons. The molecular weight excluding hydrogens is 230 g/mol. The Morgan fingerprint density at radius 2 is 2.17 bits per heavy atom. The smallest absolute Gasteiger partial charge is 0.311 e. The van der Waals surface area contributed by atoms with Gasteiger partial charge in [0.15, 0.2) is 0 Å². The van der Waals surface area contributed by atoms with Crippen molar-refractivity contribution >= 4 is 11.5 Å². The third-order valence-electron chi connectivity index (χ3n) is 3.70. The molecule has 18 heavy (non-hydrogen) atoms. The molecular formula is C13H19N3O2. The first-order chi connectivity index (χ1) is 8.68. The minimum absolute atomic E-state index is 0.0557. The zero-order valence-electron chi connectivity index (χ0n) is 10.6. The lowest BCUT2D eigenvalue weighted by Gasteiger charge is -2.28. The van der Waals surface area contributed by atoms with Crippen molar-refractivity contribution in [2.45, 2.75) is 45.1 Å². The molecule has 1 aliphatic carbocycles. The number of nitrogens with one attached hydrogen (secondary N) is 1. The summed E-state index contributed by atoms with van der Waals surface area (Å²) in [6, 6.07) is 3.32. The van der Waals surface area contributed by atoms with Crippen molar-refractivity contribution in [2.75, 3.05) is 5.32 Å². The summed E-state index contributed by atoms with van der Waals surface area (Å²) in [6.45, 7) is 2.09. The van der Waals surface area contributed by atoms with Crippen LogP contribution in [0.5, 0.6) is 0 Å². The van der Waals surface area contributed by atoms with Gasteiger partial charge in [0, 0.05) is 18.3 Å². The topological polar surface area (TPSA) is 68.1 Å². The van der Waals surface area contributed by atoms with Gasteiger partial charge in [-0.05, 0) is 31.7 Å². The Kier molecular flexibility index (Phi) is 4.12. The molecule has 1 heterocycles. The van der Waals surface area contributed by atoms with E-state index in [1.54, 1.807) is 12.3 Å². The Morgan fingerprint density at radius 3 is 2.83 bits per heavy atom. The van der Waals surface area contributed by atoms with Gasteiger partial charge in [0.2, 0.25) is 5.82 Å². The molecule has 0 saturated heterocycles. The Morgan fingerprint density at radius 1 is 1.44 bits per heavy atom. The van der Waals surface area contributed by atoms with Crippen molar-refractivity contribution in [3.63, 3.8) is 0 Å². The maximum atomic E-state index is 10.9. The number of aromatic nitrogens is 1. The van der Waals surface area contributed by atoms with E-state index in [4.69, 9.17) is 0 Å². The molecule has 0 amide bonds. The van der Waals surface area contributed by atoms with Crippen LogP contribution in [0, 0.1) is 16.0 Å². The predicted molar refractivity (Wildman–Crippen MR) is 70.6 cm³/mol. The van der Waals surface area contributed by atoms with Crippen LogP contribution in [0.1, 0.15) is 39.0 Å². The van der Waals surface area contributed by atoms with Gasteiger partial charge in [0.25, 0.3) is 0 Å². The lowest BCUT2D eigenvalue weighted by atomic mass is 9.84. The summed E-state index contributed by atoms with van der Waals surface area (Å²) < 4.78 is 0. The first-order valence-corrected chi connectivity index (χ1v) is 6.54. The van der Waals surface area contributed by atoms with Crippen LogP contribution in [0.3, 0.4) is 0 Å². The van der Waals surface area contributed by atoms with E-state index in [-0.39, 0.29) is 16.7 Å². The number of hydrogen-bond acceptors (Lipinski definition) is 4. The van der Waals surface area contributed by atoms with Crippen LogP contribution < -0.4 is 5.32 Å². The van der Waals surface area contributed by atoms with Gasteiger partial charge in [-0.1, -0.05) is 19.3 Å². The van der Waals surface area contributed by atoms with Crippen molar-refractivity contribution in [1.29, 1.82) is 0 Å². The highest BCUT2D eigenvalue weighted by atomic mass is 16.6. The second kappa shape index (κ2) is 5.80. The maximum absolute atomic E-state index is 10.9. The molecule has 1 aliphatic rings. The Hall–Kier alpha value is -1.65. The molecule has 5 nitrogen and oxygen atoms in total. The zero-order chi connectivity index (χ0) is 13.0. The second-order valence-corrected chi connectivity index (χ2v) is 4.96. The standard InChI is InChI=1S/C13H19N3O2/c1-10(11-6-3-2-4-7-11)15-13-12(16(17)18)8-5-9-14-13/h5,8-11H,2-4,6-7H2,1H3,(H,14,15). The lowest BCUT2D eigenvalue weighted by Crippen LogP contribution is -2.28.